The smallest absolute Gasteiger partial charge is 0.195 e. The molecule has 0 fully saturated rings. The van der Waals surface area contributed by atoms with Crippen molar-refractivity contribution in [1.29, 1.82) is 0 Å². The lowest BCUT2D eigenvalue weighted by Crippen LogP contribution is -2.40. The molecule has 0 saturated heterocycles. The van der Waals surface area contributed by atoms with E-state index in [0.717, 1.165) is 16.0 Å². The minimum absolute atomic E-state index is 0.0792. The highest BCUT2D eigenvalue weighted by Gasteiger charge is 2.45. The Kier molecular flexibility index (Phi) is 10.4. The van der Waals surface area contributed by atoms with Crippen molar-refractivity contribution in [3.8, 4) is 33.4 Å². The Labute approximate surface area is 395 Å². The van der Waals surface area contributed by atoms with Gasteiger partial charge in [-0.2, -0.15) is 0 Å². The van der Waals surface area contributed by atoms with Crippen LogP contribution < -0.4 is 0 Å². The van der Waals surface area contributed by atoms with E-state index < -0.39 is 0 Å². The number of rotatable bonds is 7. The van der Waals surface area contributed by atoms with Gasteiger partial charge < -0.3 is 0 Å². The van der Waals surface area contributed by atoms with Crippen LogP contribution in [0.25, 0.3) is 59.6 Å². The van der Waals surface area contributed by atoms with Gasteiger partial charge in [-0.3, -0.25) is 4.40 Å². The van der Waals surface area contributed by atoms with Crippen LogP contribution in [0.3, 0.4) is 0 Å². The average Bonchev–Trinajstić information content (AvgIpc) is 3.73. The van der Waals surface area contributed by atoms with Gasteiger partial charge in [-0.1, -0.05) is 166 Å². The highest BCUT2D eigenvalue weighted by Crippen LogP contribution is 2.57. The summed E-state index contributed by atoms with van der Waals surface area (Å²) in [6.45, 7) is 9.81. The van der Waals surface area contributed by atoms with E-state index in [1.54, 1.807) is 0 Å². The first-order valence-corrected chi connectivity index (χ1v) is 24.5. The van der Waals surface area contributed by atoms with E-state index in [1.165, 1.54) is 86.8 Å². The lowest BCUT2D eigenvalue weighted by molar-refractivity contribution is 0.296. The number of hydrogen-bond donors (Lipinski definition) is 0. The molecule has 0 N–H and O–H groups in total. The monoisotopic (exact) mass is 842 g/mol. The maximum absolute atomic E-state index is 5.14. The molecule has 0 bridgehead atoms. The Morgan fingerprint density at radius 2 is 0.984 bits per heavy atom. The van der Waals surface area contributed by atoms with E-state index >= 15 is 0 Å². The number of fused-ring (bicyclic) bond motifs is 7. The van der Waals surface area contributed by atoms with Crippen molar-refractivity contribution in [3.63, 3.8) is 0 Å². The van der Waals surface area contributed by atoms with E-state index in [1.807, 2.05) is 23.1 Å². The summed E-state index contributed by atoms with van der Waals surface area (Å²) < 4.78 is 3.66. The third-order valence-corrected chi connectivity index (χ3v) is 16.7. The van der Waals surface area contributed by atoms with Gasteiger partial charge in [0.1, 0.15) is 0 Å². The van der Waals surface area contributed by atoms with Gasteiger partial charge in [0.15, 0.2) is 4.96 Å². The predicted octanol–water partition coefficient (Wildman–Crippen LogP) is 0.462. The zero-order chi connectivity index (χ0) is 45.4. The molecular weight excluding hydrogens is 786 g/mol. The van der Waals surface area contributed by atoms with Crippen LogP contribution in [-0.4, -0.2) is 104 Å². The zero-order valence-electron chi connectivity index (χ0n) is 40.6. The second kappa shape index (κ2) is 14.8. The van der Waals surface area contributed by atoms with Crippen LogP contribution in [-0.2, 0) is 31.3 Å². The molecule has 0 unspecified atom stereocenters. The van der Waals surface area contributed by atoms with Gasteiger partial charge in [0.25, 0.3) is 0 Å². The summed E-state index contributed by atoms with van der Waals surface area (Å²) >= 11 is 3.80. The maximum atomic E-state index is 5.14. The molecule has 2 nitrogen and oxygen atoms in total. The van der Waals surface area contributed by atoms with Crippen LogP contribution in [0.4, 0.5) is 0 Å². The van der Waals surface area contributed by atoms with Crippen molar-refractivity contribution in [3.05, 3.63) is 143 Å². The van der Waals surface area contributed by atoms with E-state index in [9.17, 15) is 0 Å². The maximum Gasteiger partial charge on any atom is 0.195 e. The molecule has 3 heterocycles. The molecule has 0 aliphatic carbocycles. The van der Waals surface area contributed by atoms with Crippen molar-refractivity contribution in [2.75, 3.05) is 0 Å². The van der Waals surface area contributed by atoms with Crippen molar-refractivity contribution in [1.82, 2.24) is 9.38 Å². The average molecular weight is 841 g/mol. The highest BCUT2D eigenvalue weighted by atomic mass is 32.2. The summed E-state index contributed by atoms with van der Waals surface area (Å²) in [5, 5.41) is -0.362. The molecule has 16 heteroatoms. The van der Waals surface area contributed by atoms with Gasteiger partial charge >= 0.3 is 0 Å². The van der Waals surface area contributed by atoms with E-state index in [-0.39, 0.29) is 31.3 Å². The number of aromatic nitrogens is 2. The molecule has 0 spiro atoms. The molecule has 9 rings (SSSR count). The first kappa shape index (κ1) is 44.3. The fourth-order valence-electron chi connectivity index (χ4n) is 10.3. The largest absolute Gasteiger partial charge is 0.283 e. The van der Waals surface area contributed by atoms with Gasteiger partial charge in [0.05, 0.1) is 115 Å². The van der Waals surface area contributed by atoms with Gasteiger partial charge in [-0.05, 0) is 86.2 Å². The summed E-state index contributed by atoms with van der Waals surface area (Å²) in [5.41, 5.74) is 19.4. The fraction of sp³-hybridized carbons (Fsp3) is 0.213. The third-order valence-electron chi connectivity index (χ3n) is 14.4. The van der Waals surface area contributed by atoms with E-state index in [4.69, 9.17) is 4.98 Å². The Morgan fingerprint density at radius 1 is 0.492 bits per heavy atom. The SMILES string of the molecule is BC(B)(B)c1ccc(-c2c(C(B)(B)B)ccc3c2Sc2ccccc2C(C)(C)C3(C)C)cc1-c1cc(-c2c(C(B)(B)B)ccc3c2sc2nc4ccccc4n23)ccc1C(B)(B)B. The van der Waals surface area contributed by atoms with Gasteiger partial charge in [-0.25, -0.2) is 4.98 Å². The molecule has 63 heavy (non-hydrogen) atoms. The second-order valence-electron chi connectivity index (χ2n) is 23.4. The molecule has 1 aliphatic heterocycles. The van der Waals surface area contributed by atoms with Crippen molar-refractivity contribution in [2.45, 2.75) is 68.8 Å². The molecule has 0 saturated carbocycles. The molecule has 2 aromatic heterocycles. The molecule has 300 valence electrons. The van der Waals surface area contributed by atoms with Crippen LogP contribution in [0.5, 0.6) is 0 Å². The van der Waals surface area contributed by atoms with Crippen LogP contribution in [0.15, 0.2) is 119 Å². The number of para-hydroxylation sites is 2. The Hall–Kier alpha value is -3.86. The summed E-state index contributed by atoms with van der Waals surface area (Å²) in [6, 6.07) is 42.2. The predicted molar refractivity (Wildman–Crippen MR) is 310 cm³/mol. The van der Waals surface area contributed by atoms with Crippen molar-refractivity contribution < 1.29 is 0 Å². The summed E-state index contributed by atoms with van der Waals surface area (Å²) in [7, 11) is 28.5. The van der Waals surface area contributed by atoms with Gasteiger partial charge in [-0.15, -0.1) is 0 Å². The number of nitrogens with zero attached hydrogens (tertiary/aromatic N) is 2. The highest BCUT2D eigenvalue weighted by molar-refractivity contribution is 7.99. The minimum atomic E-state index is -0.129. The number of hydrogen-bond acceptors (Lipinski definition) is 3. The van der Waals surface area contributed by atoms with Crippen LogP contribution in [0.1, 0.15) is 61.1 Å². The number of imidazole rings is 1. The van der Waals surface area contributed by atoms with Gasteiger partial charge in [0, 0.05) is 15.4 Å². The first-order chi connectivity index (χ1) is 29.3. The van der Waals surface area contributed by atoms with Crippen molar-refractivity contribution >= 4 is 143 Å². The minimum Gasteiger partial charge on any atom is -0.283 e. The Bertz CT molecular complexity index is 3160. The molecule has 1 aliphatic rings. The molecule has 0 atom stereocenters. The summed E-state index contributed by atoms with van der Waals surface area (Å²) in [5.74, 6) is 0. The van der Waals surface area contributed by atoms with Gasteiger partial charge in [0.2, 0.25) is 0 Å². The molecule has 0 radical (unpaired) electrons. The topological polar surface area (TPSA) is 17.3 Å². The third kappa shape index (κ3) is 7.24. The standard InChI is InChI=1S/C47H54B12N2S2/c1-42(2)29-9-5-8-12-36(29)62-39-32(43(42,3)4)18-17-30(46(54,55)56)37(39)23-13-15-27(44(48,49)50)25(21-23)26-22-24(14-16-28(26)45(51,52)53)38-31(47(57,58)59)19-20-35-40(38)63-41-60-33-10-6-7-11-34(33)61(35)41/h5-22H,48-59H2,1-4H3. The second-order valence-corrected chi connectivity index (χ2v) is 25.4. The van der Waals surface area contributed by atoms with Crippen LogP contribution >= 0.6 is 23.1 Å². The lowest BCUT2D eigenvalue weighted by atomic mass is 9.38. The first-order valence-electron chi connectivity index (χ1n) is 22.9. The molecular formula is C47H54B12N2S2. The molecule has 0 amide bonds. The van der Waals surface area contributed by atoms with E-state index in [0.29, 0.717) is 0 Å². The van der Waals surface area contributed by atoms with Crippen LogP contribution in [0, 0.1) is 0 Å². The zero-order valence-corrected chi connectivity index (χ0v) is 42.2. The normalized spacial score (nSPS) is 15.3. The van der Waals surface area contributed by atoms with Crippen molar-refractivity contribution in [2.24, 2.45) is 0 Å². The Balaban J connectivity index is 1.36. The molecule has 6 aromatic carbocycles. The number of benzene rings is 6. The summed E-state index contributed by atoms with van der Waals surface area (Å²) in [4.78, 5) is 8.92. The molecule has 8 aromatic rings. The van der Waals surface area contributed by atoms with E-state index in [2.05, 4.69) is 235 Å². The summed E-state index contributed by atoms with van der Waals surface area (Å²) in [6.07, 6.45) is 0. The fourth-order valence-corrected chi connectivity index (χ4v) is 13.0. The quantitative estimate of drug-likeness (QED) is 0.218. The Morgan fingerprint density at radius 3 is 1.59 bits per heavy atom. The lowest BCUT2D eigenvalue weighted by Gasteiger charge is -2.43. The van der Waals surface area contributed by atoms with Crippen LogP contribution in [0.2, 0.25) is 0 Å². The number of thiazole rings is 1.